The third-order valence-electron chi connectivity index (χ3n) is 4.17. The molecule has 1 aromatic carbocycles. The zero-order chi connectivity index (χ0) is 14.2. The molecule has 2 atom stereocenters. The highest BCUT2D eigenvalue weighted by molar-refractivity contribution is 5.89. The van der Waals surface area contributed by atoms with E-state index in [4.69, 9.17) is 9.84 Å². The van der Waals surface area contributed by atoms with Crippen molar-refractivity contribution in [3.05, 3.63) is 35.9 Å². The topological polar surface area (TPSA) is 66.8 Å². The van der Waals surface area contributed by atoms with E-state index in [1.54, 1.807) is 0 Å². The van der Waals surface area contributed by atoms with E-state index in [0.717, 1.165) is 12.0 Å². The van der Waals surface area contributed by atoms with E-state index in [2.05, 4.69) is 0 Å². The second kappa shape index (κ2) is 4.90. The molecule has 0 bridgehead atoms. The Hall–Kier alpha value is -1.88. The second-order valence-electron chi connectivity index (χ2n) is 5.61. The first-order chi connectivity index (χ1) is 9.62. The lowest BCUT2D eigenvalue weighted by molar-refractivity contribution is -0.148. The number of hydrogen-bond acceptors (Lipinski definition) is 3. The molecule has 3 rings (SSSR count). The molecule has 1 saturated heterocycles. The molecule has 0 spiro atoms. The summed E-state index contributed by atoms with van der Waals surface area (Å²) in [6.45, 7) is 1.13. The monoisotopic (exact) mass is 275 g/mol. The van der Waals surface area contributed by atoms with E-state index < -0.39 is 11.4 Å². The van der Waals surface area contributed by atoms with Crippen LogP contribution in [0.2, 0.25) is 0 Å². The van der Waals surface area contributed by atoms with E-state index in [9.17, 15) is 9.59 Å². The molecule has 2 aliphatic rings. The fraction of sp³-hybridized carbons (Fsp3) is 0.467. The van der Waals surface area contributed by atoms with Crippen molar-refractivity contribution < 1.29 is 19.4 Å². The van der Waals surface area contributed by atoms with Crippen LogP contribution in [-0.4, -0.2) is 41.6 Å². The maximum atomic E-state index is 12.6. The number of carboxylic acid groups (broad SMARTS) is 1. The molecule has 5 heteroatoms. The predicted molar refractivity (Wildman–Crippen MR) is 70.9 cm³/mol. The first-order valence-corrected chi connectivity index (χ1v) is 6.75. The first kappa shape index (κ1) is 13.1. The molecule has 0 unspecified atom stereocenters. The lowest BCUT2D eigenvalue weighted by atomic mass is 10.0. The number of rotatable bonds is 5. The van der Waals surface area contributed by atoms with Gasteiger partial charge in [-0.15, -0.1) is 0 Å². The Morgan fingerprint density at radius 2 is 2.10 bits per heavy atom. The number of ether oxygens (including phenoxy) is 1. The maximum absolute atomic E-state index is 12.6. The number of carbonyl (C=O) groups is 2. The number of fused-ring (bicyclic) bond motifs is 1. The molecule has 5 nitrogen and oxygen atoms in total. The number of amides is 1. The van der Waals surface area contributed by atoms with Gasteiger partial charge in [-0.05, 0) is 12.0 Å². The van der Waals surface area contributed by atoms with Gasteiger partial charge >= 0.3 is 5.97 Å². The Kier molecular flexibility index (Phi) is 3.22. The van der Waals surface area contributed by atoms with E-state index in [1.165, 1.54) is 4.90 Å². The van der Waals surface area contributed by atoms with Crippen LogP contribution in [0.15, 0.2) is 30.3 Å². The van der Waals surface area contributed by atoms with Crippen molar-refractivity contribution >= 4 is 11.9 Å². The molecule has 1 aliphatic heterocycles. The van der Waals surface area contributed by atoms with Crippen molar-refractivity contribution in [3.8, 4) is 0 Å². The van der Waals surface area contributed by atoms with E-state index in [-0.39, 0.29) is 18.4 Å². The molecule has 1 heterocycles. The smallest absolute Gasteiger partial charge is 0.323 e. The van der Waals surface area contributed by atoms with Crippen molar-refractivity contribution in [2.45, 2.75) is 13.0 Å². The standard InChI is InChI=1S/C15H17NO4/c17-13(18)8-16(7-11-4-2-1-3-5-11)14(19)15-6-12(15)9-20-10-15/h1-5,12H,6-10H2,(H,17,18)/t12-,15-/m0/s1. The van der Waals surface area contributed by atoms with Gasteiger partial charge < -0.3 is 14.7 Å². The van der Waals surface area contributed by atoms with Gasteiger partial charge in [0.2, 0.25) is 5.91 Å². The normalized spacial score (nSPS) is 26.9. The van der Waals surface area contributed by atoms with Crippen molar-refractivity contribution in [2.75, 3.05) is 19.8 Å². The summed E-state index contributed by atoms with van der Waals surface area (Å²) in [5.41, 5.74) is 0.499. The van der Waals surface area contributed by atoms with Crippen LogP contribution in [0.5, 0.6) is 0 Å². The van der Waals surface area contributed by atoms with Gasteiger partial charge in [-0.1, -0.05) is 30.3 Å². The number of carbonyl (C=O) groups excluding carboxylic acids is 1. The molecule has 0 aromatic heterocycles. The van der Waals surface area contributed by atoms with Crippen LogP contribution in [0.1, 0.15) is 12.0 Å². The van der Waals surface area contributed by atoms with E-state index >= 15 is 0 Å². The molecule has 106 valence electrons. The van der Waals surface area contributed by atoms with Crippen LogP contribution in [0.4, 0.5) is 0 Å². The minimum absolute atomic E-state index is 0.0775. The van der Waals surface area contributed by atoms with Crippen LogP contribution in [0.3, 0.4) is 0 Å². The van der Waals surface area contributed by atoms with Gasteiger partial charge in [-0.2, -0.15) is 0 Å². The van der Waals surface area contributed by atoms with Crippen molar-refractivity contribution in [2.24, 2.45) is 11.3 Å². The lowest BCUT2D eigenvalue weighted by Crippen LogP contribution is -2.41. The fourth-order valence-corrected chi connectivity index (χ4v) is 2.96. The zero-order valence-electron chi connectivity index (χ0n) is 11.1. The van der Waals surface area contributed by atoms with E-state index in [0.29, 0.717) is 19.8 Å². The molecular weight excluding hydrogens is 258 g/mol. The van der Waals surface area contributed by atoms with Gasteiger partial charge in [-0.25, -0.2) is 0 Å². The quantitative estimate of drug-likeness (QED) is 0.875. The highest BCUT2D eigenvalue weighted by Crippen LogP contribution is 2.57. The van der Waals surface area contributed by atoms with Gasteiger partial charge in [0.05, 0.1) is 18.6 Å². The molecule has 2 fully saturated rings. The number of aliphatic carboxylic acids is 1. The lowest BCUT2D eigenvalue weighted by Gasteiger charge is -2.25. The average molecular weight is 275 g/mol. The maximum Gasteiger partial charge on any atom is 0.323 e. The summed E-state index contributed by atoms with van der Waals surface area (Å²) in [5, 5.41) is 9.03. The Labute approximate surface area is 117 Å². The Balaban J connectivity index is 1.76. The second-order valence-corrected chi connectivity index (χ2v) is 5.61. The summed E-state index contributed by atoms with van der Waals surface area (Å²) in [5.74, 6) is -0.782. The summed E-state index contributed by atoms with van der Waals surface area (Å²) in [6, 6.07) is 9.46. The van der Waals surface area contributed by atoms with Gasteiger partial charge in [-0.3, -0.25) is 9.59 Å². The highest BCUT2D eigenvalue weighted by atomic mass is 16.5. The molecule has 1 N–H and O–H groups in total. The minimum Gasteiger partial charge on any atom is -0.480 e. The van der Waals surface area contributed by atoms with Crippen molar-refractivity contribution in [3.63, 3.8) is 0 Å². The zero-order valence-corrected chi connectivity index (χ0v) is 11.1. The van der Waals surface area contributed by atoms with Crippen LogP contribution in [0, 0.1) is 11.3 Å². The van der Waals surface area contributed by atoms with Crippen LogP contribution < -0.4 is 0 Å². The van der Waals surface area contributed by atoms with E-state index in [1.807, 2.05) is 30.3 Å². The van der Waals surface area contributed by atoms with Gasteiger partial charge in [0.25, 0.3) is 0 Å². The third-order valence-corrected chi connectivity index (χ3v) is 4.17. The molecule has 1 aliphatic carbocycles. The SMILES string of the molecule is O=C(O)CN(Cc1ccccc1)C(=O)[C@@]12COC[C@@H]1C2. The largest absolute Gasteiger partial charge is 0.480 e. The molecule has 0 radical (unpaired) electrons. The number of hydrogen-bond donors (Lipinski definition) is 1. The minimum atomic E-state index is -0.984. The number of benzene rings is 1. The molecule has 20 heavy (non-hydrogen) atoms. The molecule has 1 aromatic rings. The van der Waals surface area contributed by atoms with Gasteiger partial charge in [0, 0.05) is 12.5 Å². The number of carboxylic acids is 1. The average Bonchev–Trinajstić information content (AvgIpc) is 3.00. The summed E-state index contributed by atoms with van der Waals surface area (Å²) >= 11 is 0. The highest BCUT2D eigenvalue weighted by Gasteiger charge is 2.64. The summed E-state index contributed by atoms with van der Waals surface area (Å²) in [7, 11) is 0. The summed E-state index contributed by atoms with van der Waals surface area (Å²) in [4.78, 5) is 25.1. The number of nitrogens with zero attached hydrogens (tertiary/aromatic N) is 1. The summed E-state index contributed by atoms with van der Waals surface area (Å²) < 4.78 is 5.34. The van der Waals surface area contributed by atoms with Crippen molar-refractivity contribution in [1.29, 1.82) is 0 Å². The summed E-state index contributed by atoms with van der Waals surface area (Å²) in [6.07, 6.45) is 0.830. The van der Waals surface area contributed by atoms with Crippen LogP contribution in [0.25, 0.3) is 0 Å². The van der Waals surface area contributed by atoms with Crippen LogP contribution >= 0.6 is 0 Å². The molecule has 1 amide bonds. The Bertz CT molecular complexity index is 530. The van der Waals surface area contributed by atoms with Crippen molar-refractivity contribution in [1.82, 2.24) is 4.90 Å². The molecule has 1 saturated carbocycles. The Morgan fingerprint density at radius 1 is 1.35 bits per heavy atom. The first-order valence-electron chi connectivity index (χ1n) is 6.75. The fourth-order valence-electron chi connectivity index (χ4n) is 2.96. The van der Waals surface area contributed by atoms with Gasteiger partial charge in [0.1, 0.15) is 6.54 Å². The predicted octanol–water partition coefficient (Wildman–Crippen LogP) is 1.14. The third kappa shape index (κ3) is 2.29. The Morgan fingerprint density at radius 3 is 2.65 bits per heavy atom. The van der Waals surface area contributed by atoms with Gasteiger partial charge in [0.15, 0.2) is 0 Å². The molecular formula is C15H17NO4. The van der Waals surface area contributed by atoms with Crippen LogP contribution in [-0.2, 0) is 20.9 Å².